The molecule has 1 aromatic heterocycles. The van der Waals surface area contributed by atoms with Crippen LogP contribution in [0.2, 0.25) is 0 Å². The molecule has 1 fully saturated rings. The summed E-state index contributed by atoms with van der Waals surface area (Å²) < 4.78 is 5.03. The van der Waals surface area contributed by atoms with E-state index in [1.54, 1.807) is 7.11 Å². The Bertz CT molecular complexity index is 395. The molecule has 1 saturated carbocycles. The lowest BCUT2D eigenvalue weighted by molar-refractivity contribution is 0.169. The van der Waals surface area contributed by atoms with E-state index in [1.165, 1.54) is 19.3 Å². The summed E-state index contributed by atoms with van der Waals surface area (Å²) in [6.07, 6.45) is 3.63. The van der Waals surface area contributed by atoms with E-state index < -0.39 is 0 Å². The van der Waals surface area contributed by atoms with Gasteiger partial charge in [-0.2, -0.15) is 5.10 Å². The van der Waals surface area contributed by atoms with Crippen LogP contribution in [0.4, 0.5) is 0 Å². The van der Waals surface area contributed by atoms with Crippen LogP contribution in [0.5, 0.6) is 5.88 Å². The molecule has 0 spiro atoms. The number of hydrazine groups is 1. The number of nitrogens with two attached hydrogens (primary N) is 1. The second kappa shape index (κ2) is 6.30. The first kappa shape index (κ1) is 14.2. The lowest BCUT2D eigenvalue weighted by atomic mass is 9.73. The summed E-state index contributed by atoms with van der Waals surface area (Å²) in [5, 5.41) is 8.25. The zero-order valence-electron chi connectivity index (χ0n) is 12.0. The zero-order valence-corrected chi connectivity index (χ0v) is 12.0. The maximum absolute atomic E-state index is 5.74. The van der Waals surface area contributed by atoms with Crippen LogP contribution in [0, 0.1) is 17.8 Å². The van der Waals surface area contributed by atoms with Gasteiger partial charge in [0.25, 0.3) is 0 Å². The third-order valence-electron chi connectivity index (χ3n) is 4.48. The molecule has 2 rings (SSSR count). The van der Waals surface area contributed by atoms with Gasteiger partial charge in [-0.15, -0.1) is 5.10 Å². The van der Waals surface area contributed by atoms with Crippen molar-refractivity contribution in [1.82, 2.24) is 15.6 Å². The molecule has 1 aliphatic rings. The molecule has 5 nitrogen and oxygen atoms in total. The quantitative estimate of drug-likeness (QED) is 0.643. The lowest BCUT2D eigenvalue weighted by Crippen LogP contribution is -2.37. The molecule has 4 unspecified atom stereocenters. The SMILES string of the molecule is COc1ccc(C(NN)C2CCC(C)C(C)C2)nn1. The number of nitrogens with one attached hydrogen (secondary N) is 1. The summed E-state index contributed by atoms with van der Waals surface area (Å²) in [6, 6.07) is 3.86. The highest BCUT2D eigenvalue weighted by molar-refractivity contribution is 5.15. The van der Waals surface area contributed by atoms with E-state index in [-0.39, 0.29) is 6.04 Å². The van der Waals surface area contributed by atoms with Crippen LogP contribution in [0.15, 0.2) is 12.1 Å². The van der Waals surface area contributed by atoms with Crippen molar-refractivity contribution in [3.63, 3.8) is 0 Å². The molecule has 1 aliphatic carbocycles. The number of methoxy groups -OCH3 is 1. The van der Waals surface area contributed by atoms with Gasteiger partial charge in [0.1, 0.15) is 0 Å². The summed E-state index contributed by atoms with van der Waals surface area (Å²) in [7, 11) is 1.59. The smallest absolute Gasteiger partial charge is 0.233 e. The molecule has 4 atom stereocenters. The van der Waals surface area contributed by atoms with Crippen molar-refractivity contribution < 1.29 is 4.74 Å². The monoisotopic (exact) mass is 264 g/mol. The fourth-order valence-corrected chi connectivity index (χ4v) is 2.96. The predicted octanol–water partition coefficient (Wildman–Crippen LogP) is 2.06. The van der Waals surface area contributed by atoms with Gasteiger partial charge in [0.15, 0.2) is 0 Å². The van der Waals surface area contributed by atoms with Crippen LogP contribution < -0.4 is 16.0 Å². The Kier molecular flexibility index (Phi) is 4.71. The van der Waals surface area contributed by atoms with E-state index in [1.807, 2.05) is 12.1 Å². The maximum Gasteiger partial charge on any atom is 0.233 e. The summed E-state index contributed by atoms with van der Waals surface area (Å²) >= 11 is 0. The molecule has 106 valence electrons. The van der Waals surface area contributed by atoms with E-state index in [9.17, 15) is 0 Å². The third-order valence-corrected chi connectivity index (χ3v) is 4.48. The van der Waals surface area contributed by atoms with Crippen molar-refractivity contribution in [2.75, 3.05) is 7.11 Å². The molecular formula is C14H24N4O. The summed E-state index contributed by atoms with van der Waals surface area (Å²) in [4.78, 5) is 0. The third kappa shape index (κ3) is 3.22. The van der Waals surface area contributed by atoms with Gasteiger partial charge in [-0.05, 0) is 36.7 Å². The van der Waals surface area contributed by atoms with Crippen molar-refractivity contribution in [1.29, 1.82) is 0 Å². The molecule has 19 heavy (non-hydrogen) atoms. The van der Waals surface area contributed by atoms with Crippen LogP contribution >= 0.6 is 0 Å². The Morgan fingerprint density at radius 3 is 2.58 bits per heavy atom. The summed E-state index contributed by atoms with van der Waals surface area (Å²) in [6.45, 7) is 4.66. The van der Waals surface area contributed by atoms with Crippen LogP contribution in [-0.4, -0.2) is 17.3 Å². The number of rotatable bonds is 4. The normalized spacial score (nSPS) is 28.9. The lowest BCUT2D eigenvalue weighted by Gasteiger charge is -2.36. The number of nitrogens with zero attached hydrogens (tertiary/aromatic N) is 2. The van der Waals surface area contributed by atoms with Gasteiger partial charge in [-0.1, -0.05) is 20.3 Å². The van der Waals surface area contributed by atoms with Crippen molar-refractivity contribution >= 4 is 0 Å². The summed E-state index contributed by atoms with van der Waals surface area (Å²) in [5.74, 6) is 8.34. The first-order valence-corrected chi connectivity index (χ1v) is 6.99. The first-order valence-electron chi connectivity index (χ1n) is 6.99. The van der Waals surface area contributed by atoms with E-state index in [4.69, 9.17) is 10.6 Å². The number of hydrogen-bond donors (Lipinski definition) is 2. The van der Waals surface area contributed by atoms with E-state index in [0.29, 0.717) is 11.8 Å². The minimum atomic E-state index is 0.0772. The van der Waals surface area contributed by atoms with Crippen LogP contribution in [0.25, 0.3) is 0 Å². The first-order chi connectivity index (χ1) is 9.15. The Morgan fingerprint density at radius 2 is 2.05 bits per heavy atom. The molecule has 0 bridgehead atoms. The highest BCUT2D eigenvalue weighted by Gasteiger charge is 2.31. The molecule has 0 amide bonds. The second-order valence-corrected chi connectivity index (χ2v) is 5.67. The average Bonchev–Trinajstić information content (AvgIpc) is 2.44. The molecule has 1 heterocycles. The minimum Gasteiger partial charge on any atom is -0.480 e. The molecule has 1 aromatic rings. The summed E-state index contributed by atoms with van der Waals surface area (Å²) in [5.41, 5.74) is 3.82. The van der Waals surface area contributed by atoms with E-state index in [0.717, 1.165) is 17.5 Å². The van der Waals surface area contributed by atoms with E-state index >= 15 is 0 Å². The van der Waals surface area contributed by atoms with Crippen LogP contribution in [0.1, 0.15) is 44.8 Å². The Morgan fingerprint density at radius 1 is 1.26 bits per heavy atom. The molecule has 3 N–H and O–H groups in total. The zero-order chi connectivity index (χ0) is 13.8. The van der Waals surface area contributed by atoms with Gasteiger partial charge < -0.3 is 4.74 Å². The molecule has 5 heteroatoms. The van der Waals surface area contributed by atoms with Gasteiger partial charge >= 0.3 is 0 Å². The standard InChI is InChI=1S/C14H24N4O/c1-9-4-5-11(8-10(9)2)14(16-15)12-6-7-13(19-3)18-17-12/h6-7,9-11,14,16H,4-5,8,15H2,1-3H3. The fraction of sp³-hybridized carbons (Fsp3) is 0.714. The molecule has 0 radical (unpaired) electrons. The van der Waals surface area contributed by atoms with Gasteiger partial charge in [0.2, 0.25) is 5.88 Å². The number of ether oxygens (including phenoxy) is 1. The van der Waals surface area contributed by atoms with Crippen LogP contribution in [-0.2, 0) is 0 Å². The Balaban J connectivity index is 2.10. The largest absolute Gasteiger partial charge is 0.480 e. The van der Waals surface area contributed by atoms with Gasteiger partial charge in [-0.3, -0.25) is 11.3 Å². The molecule has 0 saturated heterocycles. The van der Waals surface area contributed by atoms with Gasteiger partial charge in [0, 0.05) is 6.07 Å². The average molecular weight is 264 g/mol. The topological polar surface area (TPSA) is 73.1 Å². The predicted molar refractivity (Wildman–Crippen MR) is 74.3 cm³/mol. The Labute approximate surface area is 114 Å². The van der Waals surface area contributed by atoms with Crippen LogP contribution in [0.3, 0.4) is 0 Å². The van der Waals surface area contributed by atoms with Gasteiger partial charge in [-0.25, -0.2) is 0 Å². The van der Waals surface area contributed by atoms with Crippen molar-refractivity contribution in [3.05, 3.63) is 17.8 Å². The highest BCUT2D eigenvalue weighted by atomic mass is 16.5. The van der Waals surface area contributed by atoms with Gasteiger partial charge in [0.05, 0.1) is 18.8 Å². The number of hydrogen-bond acceptors (Lipinski definition) is 5. The number of aromatic nitrogens is 2. The Hall–Kier alpha value is -1.20. The van der Waals surface area contributed by atoms with E-state index in [2.05, 4.69) is 29.5 Å². The second-order valence-electron chi connectivity index (χ2n) is 5.67. The van der Waals surface area contributed by atoms with Crippen molar-refractivity contribution in [2.24, 2.45) is 23.6 Å². The minimum absolute atomic E-state index is 0.0772. The fourth-order valence-electron chi connectivity index (χ4n) is 2.96. The molecule has 0 aromatic carbocycles. The molecule has 0 aliphatic heterocycles. The maximum atomic E-state index is 5.74. The highest BCUT2D eigenvalue weighted by Crippen LogP contribution is 2.39. The van der Waals surface area contributed by atoms with Crippen molar-refractivity contribution in [2.45, 2.75) is 39.2 Å². The molecular weight excluding hydrogens is 240 g/mol. The van der Waals surface area contributed by atoms with Crippen molar-refractivity contribution in [3.8, 4) is 5.88 Å².